The number of hydrogen-bond donors (Lipinski definition) is 8. The standard InChI is InChI=1S/C14H29N7O4/c15-6-2-1-4-10(13(24)25)21-12(23)9(20-11(22)8-16)5-3-7-19-14(17)18/h9-10H,1-8,15-16H2,(H,20,22)(H,21,23)(H,24,25)(H4,17,18,19)/t9-,10-/m0/s1. The van der Waals surface area contributed by atoms with Crippen LogP contribution in [0.2, 0.25) is 0 Å². The Labute approximate surface area is 146 Å². The maximum Gasteiger partial charge on any atom is 0.326 e. The fourth-order valence-electron chi connectivity index (χ4n) is 2.07. The lowest BCUT2D eigenvalue weighted by Gasteiger charge is -2.21. The van der Waals surface area contributed by atoms with Crippen LogP contribution in [0, 0.1) is 5.41 Å². The number of amides is 2. The van der Waals surface area contributed by atoms with Crippen LogP contribution in [-0.4, -0.2) is 60.6 Å². The molecule has 0 aromatic heterocycles. The number of unbranched alkanes of at least 4 members (excludes halogenated alkanes) is 1. The Balaban J connectivity index is 4.71. The van der Waals surface area contributed by atoms with Gasteiger partial charge in [-0.25, -0.2) is 4.79 Å². The maximum absolute atomic E-state index is 12.3. The minimum absolute atomic E-state index is 0.196. The van der Waals surface area contributed by atoms with E-state index in [9.17, 15) is 19.5 Å². The Bertz CT molecular complexity index is 458. The van der Waals surface area contributed by atoms with Crippen molar-refractivity contribution in [3.05, 3.63) is 0 Å². The van der Waals surface area contributed by atoms with Crippen molar-refractivity contribution in [3.8, 4) is 0 Å². The van der Waals surface area contributed by atoms with Crippen LogP contribution in [-0.2, 0) is 14.4 Å². The Hall–Kier alpha value is -2.40. The first-order chi connectivity index (χ1) is 11.8. The lowest BCUT2D eigenvalue weighted by atomic mass is 10.1. The first-order valence-electron chi connectivity index (χ1n) is 8.12. The predicted octanol–water partition coefficient (Wildman–Crippen LogP) is -2.61. The lowest BCUT2D eigenvalue weighted by Crippen LogP contribution is -2.52. The van der Waals surface area contributed by atoms with Crippen molar-refractivity contribution in [2.45, 2.75) is 44.2 Å². The number of rotatable bonds is 13. The van der Waals surface area contributed by atoms with Crippen LogP contribution < -0.4 is 33.2 Å². The summed E-state index contributed by atoms with van der Waals surface area (Å²) in [4.78, 5) is 35.1. The third kappa shape index (κ3) is 10.9. The molecule has 11 heteroatoms. The number of guanidine groups is 1. The van der Waals surface area contributed by atoms with Crippen LogP contribution >= 0.6 is 0 Å². The number of aliphatic carboxylic acids is 1. The highest BCUT2D eigenvalue weighted by atomic mass is 16.4. The molecular formula is C14H29N7O4. The summed E-state index contributed by atoms with van der Waals surface area (Å²) in [5.74, 6) is -2.45. The molecule has 0 aliphatic heterocycles. The van der Waals surface area contributed by atoms with Gasteiger partial charge in [0.05, 0.1) is 6.54 Å². The van der Waals surface area contributed by atoms with E-state index in [-0.39, 0.29) is 25.3 Å². The first-order valence-corrected chi connectivity index (χ1v) is 8.12. The van der Waals surface area contributed by atoms with E-state index >= 15 is 0 Å². The molecule has 11 N–H and O–H groups in total. The van der Waals surface area contributed by atoms with E-state index in [0.29, 0.717) is 32.4 Å². The molecule has 25 heavy (non-hydrogen) atoms. The molecule has 0 aromatic rings. The number of carboxylic acids is 1. The molecule has 0 aliphatic carbocycles. The lowest BCUT2D eigenvalue weighted by molar-refractivity contribution is -0.142. The van der Waals surface area contributed by atoms with Gasteiger partial charge in [-0.1, -0.05) is 0 Å². The Morgan fingerprint density at radius 3 is 2.16 bits per heavy atom. The Morgan fingerprint density at radius 1 is 1.00 bits per heavy atom. The molecule has 0 fully saturated rings. The predicted molar refractivity (Wildman–Crippen MR) is 92.6 cm³/mol. The molecule has 2 atom stereocenters. The normalized spacial score (nSPS) is 12.7. The number of nitrogens with two attached hydrogens (primary N) is 3. The molecule has 0 saturated heterocycles. The molecule has 2 amide bonds. The molecule has 0 saturated carbocycles. The average molecular weight is 359 g/mol. The van der Waals surface area contributed by atoms with Crippen molar-refractivity contribution in [1.29, 1.82) is 5.41 Å². The fraction of sp³-hybridized carbons (Fsp3) is 0.714. The summed E-state index contributed by atoms with van der Waals surface area (Å²) < 4.78 is 0. The van der Waals surface area contributed by atoms with Gasteiger partial charge in [0.25, 0.3) is 0 Å². The second-order valence-electron chi connectivity index (χ2n) is 5.49. The summed E-state index contributed by atoms with van der Waals surface area (Å²) in [6, 6.07) is -1.96. The number of carbonyl (C=O) groups is 3. The van der Waals surface area contributed by atoms with E-state index < -0.39 is 29.9 Å². The van der Waals surface area contributed by atoms with Gasteiger partial charge in [0.2, 0.25) is 11.8 Å². The highest BCUT2D eigenvalue weighted by molar-refractivity contribution is 5.90. The quantitative estimate of drug-likeness (QED) is 0.0989. The van der Waals surface area contributed by atoms with Gasteiger partial charge in [-0.15, -0.1) is 0 Å². The van der Waals surface area contributed by atoms with Crippen LogP contribution in [0.1, 0.15) is 32.1 Å². The molecular weight excluding hydrogens is 330 g/mol. The summed E-state index contributed by atoms with van der Waals surface area (Å²) in [5, 5.41) is 23.7. The van der Waals surface area contributed by atoms with E-state index in [1.807, 2.05) is 0 Å². The molecule has 0 rings (SSSR count). The molecule has 0 bridgehead atoms. The fourth-order valence-corrected chi connectivity index (χ4v) is 2.07. The highest BCUT2D eigenvalue weighted by Crippen LogP contribution is 2.04. The summed E-state index contributed by atoms with van der Waals surface area (Å²) >= 11 is 0. The molecule has 0 spiro atoms. The molecule has 144 valence electrons. The van der Waals surface area contributed by atoms with E-state index in [0.717, 1.165) is 0 Å². The zero-order valence-corrected chi connectivity index (χ0v) is 14.2. The topological polar surface area (TPSA) is 209 Å². The van der Waals surface area contributed by atoms with Crippen LogP contribution in [0.15, 0.2) is 0 Å². The van der Waals surface area contributed by atoms with E-state index in [1.54, 1.807) is 0 Å². The second kappa shape index (κ2) is 13.0. The summed E-state index contributed by atoms with van der Waals surface area (Å²) in [5.41, 5.74) is 15.8. The molecule has 0 aliphatic rings. The summed E-state index contributed by atoms with van der Waals surface area (Å²) in [7, 11) is 0. The van der Waals surface area contributed by atoms with Gasteiger partial charge in [-0.05, 0) is 38.6 Å². The van der Waals surface area contributed by atoms with Gasteiger partial charge in [0, 0.05) is 6.54 Å². The monoisotopic (exact) mass is 359 g/mol. The van der Waals surface area contributed by atoms with Crippen molar-refractivity contribution in [3.63, 3.8) is 0 Å². The molecule has 0 radical (unpaired) electrons. The first kappa shape index (κ1) is 22.6. The largest absolute Gasteiger partial charge is 0.480 e. The Kier molecular flexibility index (Phi) is 11.7. The summed E-state index contributed by atoms with van der Waals surface area (Å²) in [6.07, 6.45) is 2.15. The smallest absolute Gasteiger partial charge is 0.326 e. The van der Waals surface area contributed by atoms with Crippen molar-refractivity contribution in [1.82, 2.24) is 16.0 Å². The molecule has 0 heterocycles. The summed E-state index contributed by atoms with van der Waals surface area (Å²) in [6.45, 7) is 0.503. The number of carbonyl (C=O) groups excluding carboxylic acids is 2. The van der Waals surface area contributed by atoms with E-state index in [4.69, 9.17) is 22.6 Å². The zero-order valence-electron chi connectivity index (χ0n) is 14.2. The van der Waals surface area contributed by atoms with Crippen molar-refractivity contribution < 1.29 is 19.5 Å². The number of carboxylic acid groups (broad SMARTS) is 1. The minimum atomic E-state index is -1.15. The second-order valence-corrected chi connectivity index (χ2v) is 5.49. The van der Waals surface area contributed by atoms with Crippen LogP contribution in [0.5, 0.6) is 0 Å². The molecule has 0 aromatic carbocycles. The van der Waals surface area contributed by atoms with Gasteiger partial charge < -0.3 is 38.3 Å². The SMILES string of the molecule is N=C(N)NCCC[C@H](NC(=O)CN)C(=O)N[C@@H](CCCCN)C(=O)O. The van der Waals surface area contributed by atoms with Crippen LogP contribution in [0.3, 0.4) is 0 Å². The van der Waals surface area contributed by atoms with E-state index in [1.165, 1.54) is 0 Å². The number of nitrogens with one attached hydrogen (secondary N) is 4. The van der Waals surface area contributed by atoms with Crippen molar-refractivity contribution in [2.75, 3.05) is 19.6 Å². The minimum Gasteiger partial charge on any atom is -0.480 e. The third-order valence-electron chi connectivity index (χ3n) is 3.38. The van der Waals surface area contributed by atoms with Crippen molar-refractivity contribution in [2.24, 2.45) is 17.2 Å². The molecule has 11 nitrogen and oxygen atoms in total. The van der Waals surface area contributed by atoms with E-state index in [2.05, 4.69) is 16.0 Å². The van der Waals surface area contributed by atoms with Crippen LogP contribution in [0.4, 0.5) is 0 Å². The molecule has 0 unspecified atom stereocenters. The average Bonchev–Trinajstić information content (AvgIpc) is 2.55. The van der Waals surface area contributed by atoms with Gasteiger partial charge >= 0.3 is 5.97 Å². The number of hydrogen-bond acceptors (Lipinski definition) is 6. The maximum atomic E-state index is 12.3. The zero-order chi connectivity index (χ0) is 19.2. The van der Waals surface area contributed by atoms with Gasteiger partial charge in [-0.3, -0.25) is 15.0 Å². The Morgan fingerprint density at radius 2 is 1.64 bits per heavy atom. The van der Waals surface area contributed by atoms with Crippen LogP contribution in [0.25, 0.3) is 0 Å². The highest BCUT2D eigenvalue weighted by Gasteiger charge is 2.25. The van der Waals surface area contributed by atoms with Gasteiger partial charge in [0.15, 0.2) is 5.96 Å². The third-order valence-corrected chi connectivity index (χ3v) is 3.38. The van der Waals surface area contributed by atoms with Gasteiger partial charge in [0.1, 0.15) is 12.1 Å². The van der Waals surface area contributed by atoms with Crippen molar-refractivity contribution >= 4 is 23.7 Å². The van der Waals surface area contributed by atoms with Gasteiger partial charge in [-0.2, -0.15) is 0 Å².